The minimum absolute atomic E-state index is 0.110. The molecule has 7 nitrogen and oxygen atoms in total. The number of hydrogen-bond donors (Lipinski definition) is 1. The Labute approximate surface area is 116 Å². The maximum atomic E-state index is 12.2. The summed E-state index contributed by atoms with van der Waals surface area (Å²) in [6.07, 6.45) is 1.88. The largest absolute Gasteiger partial charge is 0.397 e. The lowest BCUT2D eigenvalue weighted by Crippen LogP contribution is -2.29. The topological polar surface area (TPSA) is 107 Å². The molecule has 0 aliphatic heterocycles. The third-order valence-corrected chi connectivity index (χ3v) is 5.02. The SMILES string of the molecule is CSCCN(C)S(=O)(=O)c1ccc([N+](=O)[O-])cc1N. The number of hydrogen-bond acceptors (Lipinski definition) is 6. The summed E-state index contributed by atoms with van der Waals surface area (Å²) in [4.78, 5) is 9.85. The first-order chi connectivity index (χ1) is 8.80. The Morgan fingerprint density at radius 1 is 1.47 bits per heavy atom. The molecule has 0 saturated carbocycles. The highest BCUT2D eigenvalue weighted by Crippen LogP contribution is 2.25. The molecular weight excluding hydrogens is 290 g/mol. The lowest BCUT2D eigenvalue weighted by Gasteiger charge is -2.17. The summed E-state index contributed by atoms with van der Waals surface area (Å²) < 4.78 is 25.6. The van der Waals surface area contributed by atoms with Crippen molar-refractivity contribution in [3.05, 3.63) is 28.3 Å². The van der Waals surface area contributed by atoms with E-state index in [2.05, 4.69) is 0 Å². The van der Waals surface area contributed by atoms with E-state index in [-0.39, 0.29) is 16.3 Å². The number of benzene rings is 1. The average molecular weight is 305 g/mol. The highest BCUT2D eigenvalue weighted by Gasteiger charge is 2.24. The van der Waals surface area contributed by atoms with Gasteiger partial charge in [-0.2, -0.15) is 11.8 Å². The Balaban J connectivity index is 3.12. The van der Waals surface area contributed by atoms with E-state index in [4.69, 9.17) is 5.73 Å². The van der Waals surface area contributed by atoms with E-state index in [0.717, 1.165) is 12.1 Å². The summed E-state index contributed by atoms with van der Waals surface area (Å²) in [7, 11) is -2.26. The highest BCUT2D eigenvalue weighted by atomic mass is 32.2. The number of nitro groups is 1. The Morgan fingerprint density at radius 2 is 2.11 bits per heavy atom. The second-order valence-corrected chi connectivity index (χ2v) is 6.80. The summed E-state index contributed by atoms with van der Waals surface area (Å²) in [5, 5.41) is 10.6. The smallest absolute Gasteiger partial charge is 0.271 e. The van der Waals surface area contributed by atoms with Crippen LogP contribution in [0.5, 0.6) is 0 Å². The minimum atomic E-state index is -3.71. The maximum Gasteiger partial charge on any atom is 0.271 e. The lowest BCUT2D eigenvalue weighted by molar-refractivity contribution is -0.384. The van der Waals surface area contributed by atoms with Gasteiger partial charge in [0.05, 0.1) is 10.6 Å². The normalized spacial score (nSPS) is 11.7. The number of sulfonamides is 1. The second kappa shape index (κ2) is 6.22. The first-order valence-corrected chi connectivity index (χ1v) is 8.13. The number of nitrogens with two attached hydrogens (primary N) is 1. The number of anilines is 1. The van der Waals surface area contributed by atoms with Crippen LogP contribution in [0.2, 0.25) is 0 Å². The van der Waals surface area contributed by atoms with E-state index in [1.165, 1.54) is 29.2 Å². The third-order valence-electron chi connectivity index (χ3n) is 2.50. The molecular formula is C10H15N3O4S2. The van der Waals surface area contributed by atoms with E-state index in [1.54, 1.807) is 0 Å². The molecule has 0 unspecified atom stereocenters. The quantitative estimate of drug-likeness (QED) is 0.480. The van der Waals surface area contributed by atoms with Crippen molar-refractivity contribution in [2.75, 3.05) is 31.3 Å². The van der Waals surface area contributed by atoms with Gasteiger partial charge in [-0.15, -0.1) is 0 Å². The summed E-state index contributed by atoms with van der Waals surface area (Å²) in [6.45, 7) is 0.347. The van der Waals surface area contributed by atoms with Crippen LogP contribution in [0.25, 0.3) is 0 Å². The van der Waals surface area contributed by atoms with Crippen LogP contribution >= 0.6 is 11.8 Å². The van der Waals surface area contributed by atoms with Crippen molar-refractivity contribution in [3.8, 4) is 0 Å². The number of nitrogens with zero attached hydrogens (tertiary/aromatic N) is 2. The number of non-ortho nitro benzene ring substituents is 1. The van der Waals surface area contributed by atoms with Crippen LogP contribution in [0.4, 0.5) is 11.4 Å². The van der Waals surface area contributed by atoms with Crippen LogP contribution in [-0.4, -0.2) is 43.2 Å². The van der Waals surface area contributed by atoms with Crippen LogP contribution in [0.1, 0.15) is 0 Å². The third kappa shape index (κ3) is 3.58. The summed E-state index contributed by atoms with van der Waals surface area (Å²) in [5.41, 5.74) is 5.24. The fourth-order valence-corrected chi connectivity index (χ4v) is 3.23. The molecule has 106 valence electrons. The Morgan fingerprint density at radius 3 is 2.58 bits per heavy atom. The van der Waals surface area contributed by atoms with E-state index < -0.39 is 14.9 Å². The van der Waals surface area contributed by atoms with Crippen molar-refractivity contribution in [2.24, 2.45) is 0 Å². The molecule has 1 rings (SSSR count). The summed E-state index contributed by atoms with van der Waals surface area (Å²) >= 11 is 1.53. The molecule has 0 saturated heterocycles. The Kier molecular flexibility index (Phi) is 5.15. The first kappa shape index (κ1) is 15.7. The van der Waals surface area contributed by atoms with E-state index in [0.29, 0.717) is 12.3 Å². The Hall–Kier alpha value is -1.32. The van der Waals surface area contributed by atoms with Crippen molar-refractivity contribution in [1.82, 2.24) is 4.31 Å². The van der Waals surface area contributed by atoms with Crippen molar-refractivity contribution < 1.29 is 13.3 Å². The zero-order valence-electron chi connectivity index (χ0n) is 10.6. The van der Waals surface area contributed by atoms with Crippen molar-refractivity contribution >= 4 is 33.2 Å². The van der Waals surface area contributed by atoms with Crippen LogP contribution < -0.4 is 5.73 Å². The van der Waals surface area contributed by atoms with Gasteiger partial charge in [0.1, 0.15) is 4.90 Å². The molecule has 0 heterocycles. The molecule has 1 aromatic carbocycles. The lowest BCUT2D eigenvalue weighted by atomic mass is 10.3. The van der Waals surface area contributed by atoms with Gasteiger partial charge >= 0.3 is 0 Å². The molecule has 9 heteroatoms. The van der Waals surface area contributed by atoms with Gasteiger partial charge in [0.25, 0.3) is 5.69 Å². The standard InChI is InChI=1S/C10H15N3O4S2/c1-12(5-6-18-2)19(16,17)10-4-3-8(13(14)15)7-9(10)11/h3-4,7H,5-6,11H2,1-2H3. The van der Waals surface area contributed by atoms with Gasteiger partial charge in [0.2, 0.25) is 10.0 Å². The van der Waals surface area contributed by atoms with Crippen LogP contribution in [0.15, 0.2) is 23.1 Å². The fourth-order valence-electron chi connectivity index (χ4n) is 1.39. The molecule has 0 aliphatic rings. The molecule has 0 fully saturated rings. The van der Waals surface area contributed by atoms with Gasteiger partial charge in [0.15, 0.2) is 0 Å². The predicted molar refractivity (Wildman–Crippen MR) is 75.7 cm³/mol. The van der Waals surface area contributed by atoms with Gasteiger partial charge in [-0.1, -0.05) is 0 Å². The molecule has 0 spiro atoms. The molecule has 19 heavy (non-hydrogen) atoms. The van der Waals surface area contributed by atoms with Crippen LogP contribution in [0.3, 0.4) is 0 Å². The van der Waals surface area contributed by atoms with Gasteiger partial charge in [-0.05, 0) is 12.3 Å². The van der Waals surface area contributed by atoms with E-state index in [9.17, 15) is 18.5 Å². The minimum Gasteiger partial charge on any atom is -0.397 e. The molecule has 0 atom stereocenters. The number of nitro benzene ring substituents is 1. The average Bonchev–Trinajstić information content (AvgIpc) is 2.35. The number of thioether (sulfide) groups is 1. The first-order valence-electron chi connectivity index (χ1n) is 5.30. The van der Waals surface area contributed by atoms with Crippen molar-refractivity contribution in [2.45, 2.75) is 4.90 Å². The molecule has 0 aliphatic carbocycles. The zero-order valence-corrected chi connectivity index (χ0v) is 12.2. The van der Waals surface area contributed by atoms with Crippen molar-refractivity contribution in [1.29, 1.82) is 0 Å². The van der Waals surface area contributed by atoms with E-state index in [1.807, 2.05) is 6.26 Å². The predicted octanol–water partition coefficient (Wildman–Crippen LogP) is 1.16. The molecule has 2 N–H and O–H groups in total. The molecule has 0 amide bonds. The van der Waals surface area contributed by atoms with Crippen molar-refractivity contribution in [3.63, 3.8) is 0 Å². The monoisotopic (exact) mass is 305 g/mol. The van der Waals surface area contributed by atoms with Crippen LogP contribution in [0, 0.1) is 10.1 Å². The van der Waals surface area contributed by atoms with E-state index >= 15 is 0 Å². The van der Waals surface area contributed by atoms with Crippen LogP contribution in [-0.2, 0) is 10.0 Å². The molecule has 0 aromatic heterocycles. The number of nitrogen functional groups attached to an aromatic ring is 1. The van der Waals surface area contributed by atoms with Gasteiger partial charge in [-0.3, -0.25) is 10.1 Å². The Bertz CT molecular complexity index is 574. The zero-order chi connectivity index (χ0) is 14.6. The summed E-state index contributed by atoms with van der Waals surface area (Å²) in [5.74, 6) is 0.655. The van der Waals surface area contributed by atoms with Gasteiger partial charge in [0, 0.05) is 31.5 Å². The van der Waals surface area contributed by atoms with Gasteiger partial charge in [-0.25, -0.2) is 12.7 Å². The molecule has 0 radical (unpaired) electrons. The second-order valence-electron chi connectivity index (χ2n) is 3.80. The molecule has 0 bridgehead atoms. The number of rotatable bonds is 6. The maximum absolute atomic E-state index is 12.2. The highest BCUT2D eigenvalue weighted by molar-refractivity contribution is 7.98. The molecule has 1 aromatic rings. The summed E-state index contributed by atoms with van der Waals surface area (Å²) in [6, 6.07) is 3.35. The fraction of sp³-hybridized carbons (Fsp3) is 0.400. The van der Waals surface area contributed by atoms with Gasteiger partial charge < -0.3 is 5.73 Å².